The van der Waals surface area contributed by atoms with Gasteiger partial charge in [-0.3, -0.25) is 0 Å². The van der Waals surface area contributed by atoms with Crippen molar-refractivity contribution in [2.75, 3.05) is 26.3 Å². The van der Waals surface area contributed by atoms with Crippen LogP contribution in [0.5, 0.6) is 0 Å². The predicted octanol–water partition coefficient (Wildman–Crippen LogP) is 0.932. The van der Waals surface area contributed by atoms with Gasteiger partial charge in [-0.25, -0.2) is 10.4 Å². The largest absolute Gasteiger partial charge is 0.379 e. The fraction of sp³-hybridized carbons (Fsp3) is 0.800. The molecule has 0 bridgehead atoms. The lowest BCUT2D eigenvalue weighted by Gasteiger charge is -2.31. The number of hydrazine groups is 1. The second-order valence-electron chi connectivity index (χ2n) is 3.69. The molecule has 1 aliphatic carbocycles. The van der Waals surface area contributed by atoms with E-state index in [4.69, 9.17) is 4.74 Å². The van der Waals surface area contributed by atoms with Crippen molar-refractivity contribution in [3.8, 4) is 0 Å². The van der Waals surface area contributed by atoms with E-state index in [1.807, 2.05) is 0 Å². The van der Waals surface area contributed by atoms with Crippen LogP contribution in [0.25, 0.3) is 0 Å². The van der Waals surface area contributed by atoms with E-state index in [0.717, 1.165) is 26.3 Å². The highest BCUT2D eigenvalue weighted by molar-refractivity contribution is 4.96. The smallest absolute Gasteiger partial charge is 0.0608 e. The maximum Gasteiger partial charge on any atom is 0.0608 e. The van der Waals surface area contributed by atoms with Crippen LogP contribution in [0.3, 0.4) is 0 Å². The Hall–Kier alpha value is -0.380. The molecule has 0 aromatic rings. The topological polar surface area (TPSA) is 24.5 Å². The molecule has 1 N–H and O–H groups in total. The van der Waals surface area contributed by atoms with Crippen LogP contribution in [-0.2, 0) is 4.74 Å². The predicted molar refractivity (Wildman–Crippen MR) is 52.3 cm³/mol. The van der Waals surface area contributed by atoms with E-state index in [2.05, 4.69) is 22.6 Å². The van der Waals surface area contributed by atoms with E-state index in [1.54, 1.807) is 0 Å². The van der Waals surface area contributed by atoms with Gasteiger partial charge in [-0.2, -0.15) is 0 Å². The van der Waals surface area contributed by atoms with Gasteiger partial charge < -0.3 is 4.74 Å². The summed E-state index contributed by atoms with van der Waals surface area (Å²) < 4.78 is 5.29. The van der Waals surface area contributed by atoms with E-state index in [-0.39, 0.29) is 0 Å². The average Bonchev–Trinajstić information content (AvgIpc) is 2.21. The van der Waals surface area contributed by atoms with Gasteiger partial charge in [0.15, 0.2) is 0 Å². The SMILES string of the molecule is C1=CC(NN2CCOCC2)CCC1. The Morgan fingerprint density at radius 1 is 1.31 bits per heavy atom. The molecule has 0 radical (unpaired) electrons. The van der Waals surface area contributed by atoms with Crippen LogP contribution in [0.15, 0.2) is 12.2 Å². The lowest BCUT2D eigenvalue weighted by atomic mass is 10.0. The van der Waals surface area contributed by atoms with Gasteiger partial charge in [-0.05, 0) is 19.3 Å². The van der Waals surface area contributed by atoms with Gasteiger partial charge in [-0.1, -0.05) is 12.2 Å². The summed E-state index contributed by atoms with van der Waals surface area (Å²) in [6.07, 6.45) is 8.41. The second-order valence-corrected chi connectivity index (χ2v) is 3.69. The van der Waals surface area contributed by atoms with Crippen LogP contribution in [0.2, 0.25) is 0 Å². The quantitative estimate of drug-likeness (QED) is 0.643. The minimum absolute atomic E-state index is 0.562. The molecule has 1 aliphatic heterocycles. The number of hydrogen-bond acceptors (Lipinski definition) is 3. The maximum atomic E-state index is 5.29. The number of allylic oxidation sites excluding steroid dienone is 1. The van der Waals surface area contributed by atoms with Crippen molar-refractivity contribution in [1.82, 2.24) is 10.4 Å². The van der Waals surface area contributed by atoms with Crippen LogP contribution in [0.4, 0.5) is 0 Å². The third-order valence-electron chi connectivity index (χ3n) is 2.61. The molecule has 0 aromatic carbocycles. The summed E-state index contributed by atoms with van der Waals surface area (Å²) in [5.74, 6) is 0. The molecule has 1 atom stereocenters. The number of hydrogen-bond donors (Lipinski definition) is 1. The molecule has 1 fully saturated rings. The summed E-state index contributed by atoms with van der Waals surface area (Å²) in [7, 11) is 0. The first-order valence-corrected chi connectivity index (χ1v) is 5.21. The number of rotatable bonds is 2. The average molecular weight is 182 g/mol. The lowest BCUT2D eigenvalue weighted by Crippen LogP contribution is -2.49. The Kier molecular flexibility index (Phi) is 3.35. The summed E-state index contributed by atoms with van der Waals surface area (Å²) in [5, 5.41) is 2.28. The highest BCUT2D eigenvalue weighted by Gasteiger charge is 2.14. The van der Waals surface area contributed by atoms with Crippen LogP contribution in [-0.4, -0.2) is 37.4 Å². The molecule has 1 saturated heterocycles. The normalized spacial score (nSPS) is 30.6. The molecule has 3 heteroatoms. The van der Waals surface area contributed by atoms with E-state index in [1.165, 1.54) is 19.3 Å². The van der Waals surface area contributed by atoms with Gasteiger partial charge in [0.1, 0.15) is 0 Å². The van der Waals surface area contributed by atoms with E-state index >= 15 is 0 Å². The van der Waals surface area contributed by atoms with Gasteiger partial charge in [0.05, 0.1) is 13.2 Å². The molecule has 0 aromatic heterocycles. The minimum Gasteiger partial charge on any atom is -0.379 e. The third-order valence-corrected chi connectivity index (χ3v) is 2.61. The van der Waals surface area contributed by atoms with Gasteiger partial charge in [0.25, 0.3) is 0 Å². The summed E-state index contributed by atoms with van der Waals surface area (Å²) in [6.45, 7) is 3.77. The summed E-state index contributed by atoms with van der Waals surface area (Å²) >= 11 is 0. The standard InChI is InChI=1S/C10H18N2O/c1-2-4-10(5-3-1)11-12-6-8-13-9-7-12/h2,4,10-11H,1,3,5-9H2. The molecule has 1 unspecified atom stereocenters. The fourth-order valence-electron chi connectivity index (χ4n) is 1.85. The molecular formula is C10H18N2O. The van der Waals surface area contributed by atoms with Crippen molar-refractivity contribution >= 4 is 0 Å². The number of nitrogens with one attached hydrogen (secondary N) is 1. The summed E-state index contributed by atoms with van der Waals surface area (Å²) in [5.41, 5.74) is 3.52. The summed E-state index contributed by atoms with van der Waals surface area (Å²) in [6, 6.07) is 0.562. The Morgan fingerprint density at radius 3 is 2.85 bits per heavy atom. The maximum absolute atomic E-state index is 5.29. The Balaban J connectivity index is 1.75. The minimum atomic E-state index is 0.562. The Labute approximate surface area is 79.7 Å². The van der Waals surface area contributed by atoms with Crippen molar-refractivity contribution in [2.45, 2.75) is 25.3 Å². The molecule has 2 rings (SSSR count). The van der Waals surface area contributed by atoms with Gasteiger partial charge in [0.2, 0.25) is 0 Å². The monoisotopic (exact) mass is 182 g/mol. The molecule has 3 nitrogen and oxygen atoms in total. The van der Waals surface area contributed by atoms with Gasteiger partial charge in [-0.15, -0.1) is 0 Å². The lowest BCUT2D eigenvalue weighted by molar-refractivity contribution is 0.00625. The van der Waals surface area contributed by atoms with Crippen molar-refractivity contribution in [3.05, 3.63) is 12.2 Å². The van der Waals surface area contributed by atoms with Crippen LogP contribution >= 0.6 is 0 Å². The first kappa shape index (κ1) is 9.19. The molecule has 0 spiro atoms. The molecule has 1 heterocycles. The molecule has 13 heavy (non-hydrogen) atoms. The highest BCUT2D eigenvalue weighted by Crippen LogP contribution is 2.10. The first-order chi connectivity index (χ1) is 6.45. The molecule has 0 saturated carbocycles. The molecule has 2 aliphatic rings. The number of ether oxygens (including phenoxy) is 1. The van der Waals surface area contributed by atoms with Crippen molar-refractivity contribution < 1.29 is 4.74 Å². The second kappa shape index (κ2) is 4.74. The zero-order chi connectivity index (χ0) is 8.93. The molecule has 0 amide bonds. The Morgan fingerprint density at radius 2 is 2.15 bits per heavy atom. The first-order valence-electron chi connectivity index (χ1n) is 5.21. The van der Waals surface area contributed by atoms with Crippen LogP contribution in [0.1, 0.15) is 19.3 Å². The van der Waals surface area contributed by atoms with E-state index < -0.39 is 0 Å². The van der Waals surface area contributed by atoms with Crippen molar-refractivity contribution in [1.29, 1.82) is 0 Å². The van der Waals surface area contributed by atoms with Crippen molar-refractivity contribution in [3.63, 3.8) is 0 Å². The van der Waals surface area contributed by atoms with Gasteiger partial charge in [0, 0.05) is 19.1 Å². The number of nitrogens with zero attached hydrogens (tertiary/aromatic N) is 1. The molecular weight excluding hydrogens is 164 g/mol. The van der Waals surface area contributed by atoms with E-state index in [0.29, 0.717) is 6.04 Å². The number of morpholine rings is 1. The van der Waals surface area contributed by atoms with Gasteiger partial charge >= 0.3 is 0 Å². The van der Waals surface area contributed by atoms with Crippen LogP contribution < -0.4 is 5.43 Å². The zero-order valence-corrected chi connectivity index (χ0v) is 8.04. The summed E-state index contributed by atoms with van der Waals surface area (Å²) in [4.78, 5) is 0. The third kappa shape index (κ3) is 2.79. The molecule has 74 valence electrons. The van der Waals surface area contributed by atoms with Crippen molar-refractivity contribution in [2.24, 2.45) is 0 Å². The van der Waals surface area contributed by atoms with Crippen LogP contribution in [0, 0.1) is 0 Å². The fourth-order valence-corrected chi connectivity index (χ4v) is 1.85. The zero-order valence-electron chi connectivity index (χ0n) is 8.04. The highest BCUT2D eigenvalue weighted by atomic mass is 16.5. The Bertz CT molecular complexity index is 176. The van der Waals surface area contributed by atoms with E-state index in [9.17, 15) is 0 Å².